The molecule has 18 heavy (non-hydrogen) atoms. The van der Waals surface area contributed by atoms with Gasteiger partial charge >= 0.3 is 5.97 Å². The molecule has 2 saturated carbocycles. The number of carbonyl (C=O) groups is 1. The van der Waals surface area contributed by atoms with Gasteiger partial charge in [0, 0.05) is 23.2 Å². The van der Waals surface area contributed by atoms with Crippen LogP contribution in [0, 0.1) is 11.3 Å². The molecular formula is C13H14N2O3. The standard InChI is InChI=1S/C13H14N2O3/c14-11(7-3-4-7)10-8(13(17)18)5-9(6-1-2-6)15-12(10)16/h5-7,14H,1-4H2,(H,15,16)(H,17,18). The average molecular weight is 246 g/mol. The Morgan fingerprint density at radius 1 is 1.33 bits per heavy atom. The van der Waals surface area contributed by atoms with Crippen LogP contribution in [0.2, 0.25) is 0 Å². The maximum Gasteiger partial charge on any atom is 0.336 e. The monoisotopic (exact) mass is 246 g/mol. The van der Waals surface area contributed by atoms with Crippen LogP contribution in [0.4, 0.5) is 0 Å². The van der Waals surface area contributed by atoms with Gasteiger partial charge in [-0.3, -0.25) is 0 Å². The van der Waals surface area contributed by atoms with Crippen molar-refractivity contribution in [3.8, 4) is 5.88 Å². The minimum Gasteiger partial charge on any atom is -0.493 e. The van der Waals surface area contributed by atoms with Gasteiger partial charge in [-0.25, -0.2) is 9.78 Å². The van der Waals surface area contributed by atoms with Crippen LogP contribution in [-0.2, 0) is 0 Å². The normalized spacial score (nSPS) is 18.7. The number of rotatable bonds is 4. The minimum atomic E-state index is -1.10. The lowest BCUT2D eigenvalue weighted by atomic mass is 10.00. The summed E-state index contributed by atoms with van der Waals surface area (Å²) in [7, 11) is 0. The summed E-state index contributed by atoms with van der Waals surface area (Å²) < 4.78 is 0. The van der Waals surface area contributed by atoms with Crippen molar-refractivity contribution in [3.63, 3.8) is 0 Å². The predicted octanol–water partition coefficient (Wildman–Crippen LogP) is 2.14. The molecule has 2 aliphatic rings. The van der Waals surface area contributed by atoms with E-state index in [0.29, 0.717) is 5.69 Å². The lowest BCUT2D eigenvalue weighted by Crippen LogP contribution is -2.12. The molecule has 0 atom stereocenters. The smallest absolute Gasteiger partial charge is 0.336 e. The van der Waals surface area contributed by atoms with Gasteiger partial charge in [-0.1, -0.05) is 0 Å². The fraction of sp³-hybridized carbons (Fsp3) is 0.462. The van der Waals surface area contributed by atoms with E-state index >= 15 is 0 Å². The molecule has 3 N–H and O–H groups in total. The molecule has 0 aliphatic heterocycles. The molecule has 0 spiro atoms. The third-order valence-electron chi connectivity index (χ3n) is 3.50. The molecular weight excluding hydrogens is 232 g/mol. The molecule has 0 bridgehead atoms. The SMILES string of the molecule is N=C(c1c(C(=O)O)cc(C2CC2)nc1O)C1CC1. The fourth-order valence-electron chi connectivity index (χ4n) is 2.15. The molecule has 0 unspecified atom stereocenters. The van der Waals surface area contributed by atoms with Gasteiger partial charge < -0.3 is 15.6 Å². The summed E-state index contributed by atoms with van der Waals surface area (Å²) >= 11 is 0. The first-order chi connectivity index (χ1) is 8.58. The highest BCUT2D eigenvalue weighted by Crippen LogP contribution is 2.42. The summed E-state index contributed by atoms with van der Waals surface area (Å²) in [5.41, 5.74) is 0.965. The summed E-state index contributed by atoms with van der Waals surface area (Å²) in [6.45, 7) is 0. The number of carboxylic acids is 1. The first kappa shape index (κ1) is 11.2. The van der Waals surface area contributed by atoms with Crippen molar-refractivity contribution in [1.82, 2.24) is 4.98 Å². The molecule has 0 radical (unpaired) electrons. The van der Waals surface area contributed by atoms with E-state index in [-0.39, 0.29) is 34.6 Å². The zero-order valence-corrected chi connectivity index (χ0v) is 9.81. The van der Waals surface area contributed by atoms with Crippen LogP contribution in [-0.4, -0.2) is 26.9 Å². The summed E-state index contributed by atoms with van der Waals surface area (Å²) in [6.07, 6.45) is 3.76. The van der Waals surface area contributed by atoms with Gasteiger partial charge in [-0.05, 0) is 31.7 Å². The number of aromatic nitrogens is 1. The molecule has 3 rings (SSSR count). The van der Waals surface area contributed by atoms with Crippen molar-refractivity contribution in [2.45, 2.75) is 31.6 Å². The maximum atomic E-state index is 11.3. The van der Waals surface area contributed by atoms with E-state index in [4.69, 9.17) is 5.41 Å². The Balaban J connectivity index is 2.09. The van der Waals surface area contributed by atoms with Crippen molar-refractivity contribution < 1.29 is 15.0 Å². The van der Waals surface area contributed by atoms with Gasteiger partial charge in [-0.2, -0.15) is 0 Å². The van der Waals surface area contributed by atoms with Crippen molar-refractivity contribution in [2.24, 2.45) is 5.92 Å². The van der Waals surface area contributed by atoms with E-state index in [2.05, 4.69) is 4.98 Å². The predicted molar refractivity (Wildman–Crippen MR) is 64.4 cm³/mol. The molecule has 5 nitrogen and oxygen atoms in total. The van der Waals surface area contributed by atoms with Crippen LogP contribution in [0.5, 0.6) is 5.88 Å². The lowest BCUT2D eigenvalue weighted by Gasteiger charge is -2.10. The zero-order valence-electron chi connectivity index (χ0n) is 9.81. The highest BCUT2D eigenvalue weighted by molar-refractivity contribution is 6.10. The van der Waals surface area contributed by atoms with Crippen LogP contribution in [0.25, 0.3) is 0 Å². The van der Waals surface area contributed by atoms with E-state index < -0.39 is 5.97 Å². The molecule has 0 amide bonds. The topological polar surface area (TPSA) is 94.3 Å². The van der Waals surface area contributed by atoms with Gasteiger partial charge in [-0.15, -0.1) is 0 Å². The van der Waals surface area contributed by atoms with E-state index in [1.165, 1.54) is 6.07 Å². The Morgan fingerprint density at radius 2 is 2.00 bits per heavy atom. The molecule has 0 aromatic carbocycles. The van der Waals surface area contributed by atoms with Crippen molar-refractivity contribution >= 4 is 11.7 Å². The number of aromatic carboxylic acids is 1. The summed E-state index contributed by atoms with van der Waals surface area (Å²) in [6, 6.07) is 1.52. The summed E-state index contributed by atoms with van der Waals surface area (Å²) in [5.74, 6) is -1.04. The second kappa shape index (κ2) is 3.80. The number of carboxylic acid groups (broad SMARTS) is 1. The Hall–Kier alpha value is -1.91. The van der Waals surface area contributed by atoms with E-state index in [9.17, 15) is 15.0 Å². The molecule has 2 aliphatic carbocycles. The molecule has 1 heterocycles. The van der Waals surface area contributed by atoms with Gasteiger partial charge in [0.15, 0.2) is 0 Å². The molecule has 0 saturated heterocycles. The van der Waals surface area contributed by atoms with Crippen LogP contribution in [0.3, 0.4) is 0 Å². The Bertz CT molecular complexity index is 545. The van der Waals surface area contributed by atoms with Crippen LogP contribution < -0.4 is 0 Å². The fourth-order valence-corrected chi connectivity index (χ4v) is 2.15. The third-order valence-corrected chi connectivity index (χ3v) is 3.50. The highest BCUT2D eigenvalue weighted by atomic mass is 16.4. The van der Waals surface area contributed by atoms with E-state index in [1.54, 1.807) is 0 Å². The number of nitrogens with zero attached hydrogens (tertiary/aromatic N) is 1. The number of hydrogen-bond acceptors (Lipinski definition) is 4. The summed E-state index contributed by atoms with van der Waals surface area (Å²) in [5, 5.41) is 27.1. The second-order valence-electron chi connectivity index (χ2n) is 5.06. The second-order valence-corrected chi connectivity index (χ2v) is 5.06. The third kappa shape index (κ3) is 1.85. The molecule has 94 valence electrons. The number of hydrogen-bond donors (Lipinski definition) is 3. The first-order valence-corrected chi connectivity index (χ1v) is 6.14. The molecule has 1 aromatic rings. The largest absolute Gasteiger partial charge is 0.493 e. The average Bonchev–Trinajstić information content (AvgIpc) is 3.18. The maximum absolute atomic E-state index is 11.3. The quantitative estimate of drug-likeness (QED) is 0.709. The van der Waals surface area contributed by atoms with Gasteiger partial charge in [0.05, 0.1) is 11.1 Å². The Kier molecular flexibility index (Phi) is 2.36. The molecule has 1 aromatic heterocycles. The molecule has 2 fully saturated rings. The van der Waals surface area contributed by atoms with Crippen LogP contribution >= 0.6 is 0 Å². The molecule has 5 heteroatoms. The van der Waals surface area contributed by atoms with Crippen molar-refractivity contribution in [1.29, 1.82) is 5.41 Å². The first-order valence-electron chi connectivity index (χ1n) is 6.14. The van der Waals surface area contributed by atoms with Crippen LogP contribution in [0.15, 0.2) is 6.07 Å². The number of aromatic hydroxyl groups is 1. The van der Waals surface area contributed by atoms with Crippen molar-refractivity contribution in [3.05, 3.63) is 22.9 Å². The highest BCUT2D eigenvalue weighted by Gasteiger charge is 2.34. The lowest BCUT2D eigenvalue weighted by molar-refractivity contribution is 0.0695. The Morgan fingerprint density at radius 3 is 2.50 bits per heavy atom. The summed E-state index contributed by atoms with van der Waals surface area (Å²) in [4.78, 5) is 15.3. The minimum absolute atomic E-state index is 0.0151. The van der Waals surface area contributed by atoms with Gasteiger partial charge in [0.2, 0.25) is 5.88 Å². The Labute approximate surface area is 104 Å². The van der Waals surface area contributed by atoms with E-state index in [1.807, 2.05) is 0 Å². The van der Waals surface area contributed by atoms with Gasteiger partial charge in [0.25, 0.3) is 0 Å². The zero-order chi connectivity index (χ0) is 12.9. The number of nitrogens with one attached hydrogen (secondary N) is 1. The van der Waals surface area contributed by atoms with E-state index in [0.717, 1.165) is 25.7 Å². The van der Waals surface area contributed by atoms with Crippen molar-refractivity contribution in [2.75, 3.05) is 0 Å². The van der Waals surface area contributed by atoms with Crippen LogP contribution in [0.1, 0.15) is 53.2 Å². The number of pyridine rings is 1. The van der Waals surface area contributed by atoms with Gasteiger partial charge in [0.1, 0.15) is 0 Å².